The zero-order valence-corrected chi connectivity index (χ0v) is 11.8. The summed E-state index contributed by atoms with van der Waals surface area (Å²) < 4.78 is 4.73. The highest BCUT2D eigenvalue weighted by Crippen LogP contribution is 2.27. The molecule has 1 fully saturated rings. The van der Waals surface area contributed by atoms with E-state index in [0.29, 0.717) is 18.8 Å². The summed E-state index contributed by atoms with van der Waals surface area (Å²) in [5.74, 6) is 0.108. The van der Waals surface area contributed by atoms with Crippen LogP contribution in [0.2, 0.25) is 0 Å². The Labute approximate surface area is 115 Å². The summed E-state index contributed by atoms with van der Waals surface area (Å²) in [5.41, 5.74) is 0. The van der Waals surface area contributed by atoms with Gasteiger partial charge in [0.15, 0.2) is 0 Å². The molecular weight excluding hydrogens is 242 g/mol. The van der Waals surface area contributed by atoms with Crippen LogP contribution >= 0.6 is 0 Å². The number of carbonyl (C=O) groups is 2. The molecule has 0 aliphatic heterocycles. The van der Waals surface area contributed by atoms with Gasteiger partial charge in [0.2, 0.25) is 5.91 Å². The Bertz CT molecular complexity index is 309. The zero-order chi connectivity index (χ0) is 14.1. The van der Waals surface area contributed by atoms with Gasteiger partial charge >= 0.3 is 5.97 Å². The molecule has 1 aliphatic rings. The summed E-state index contributed by atoms with van der Waals surface area (Å²) in [6.45, 7) is 3.65. The Morgan fingerprint density at radius 2 is 2.11 bits per heavy atom. The minimum atomic E-state index is -0.515. The Morgan fingerprint density at radius 1 is 1.42 bits per heavy atom. The topological polar surface area (TPSA) is 55.4 Å². The van der Waals surface area contributed by atoms with Gasteiger partial charge in [-0.3, -0.25) is 4.79 Å². The van der Waals surface area contributed by atoms with Crippen LogP contribution in [0.25, 0.3) is 0 Å². The number of ether oxygens (including phenoxy) is 1. The molecule has 0 heterocycles. The average Bonchev–Trinajstić information content (AvgIpc) is 2.89. The molecule has 108 valence electrons. The SMILES string of the molecule is C=CCCC[C@H](NC(=O)CC1CCCC1)C(=O)OC. The maximum atomic E-state index is 11.9. The van der Waals surface area contributed by atoms with E-state index < -0.39 is 6.04 Å². The Morgan fingerprint density at radius 3 is 2.68 bits per heavy atom. The normalized spacial score (nSPS) is 16.9. The third-order valence-electron chi connectivity index (χ3n) is 3.67. The number of hydrogen-bond acceptors (Lipinski definition) is 3. The van der Waals surface area contributed by atoms with E-state index in [0.717, 1.165) is 25.7 Å². The molecule has 1 aliphatic carbocycles. The van der Waals surface area contributed by atoms with Gasteiger partial charge in [0, 0.05) is 6.42 Å². The first-order valence-corrected chi connectivity index (χ1v) is 7.15. The van der Waals surface area contributed by atoms with Gasteiger partial charge < -0.3 is 10.1 Å². The van der Waals surface area contributed by atoms with Crippen molar-refractivity contribution >= 4 is 11.9 Å². The van der Waals surface area contributed by atoms with Gasteiger partial charge in [-0.25, -0.2) is 4.79 Å². The predicted octanol–water partition coefficient (Wildman–Crippen LogP) is 2.58. The van der Waals surface area contributed by atoms with E-state index >= 15 is 0 Å². The first kappa shape index (κ1) is 15.7. The lowest BCUT2D eigenvalue weighted by Crippen LogP contribution is -2.41. The zero-order valence-electron chi connectivity index (χ0n) is 11.8. The van der Waals surface area contributed by atoms with Crippen molar-refractivity contribution in [2.45, 2.75) is 57.4 Å². The number of nitrogens with one attached hydrogen (secondary N) is 1. The third-order valence-corrected chi connectivity index (χ3v) is 3.67. The van der Waals surface area contributed by atoms with Gasteiger partial charge in [0.1, 0.15) is 6.04 Å². The first-order valence-electron chi connectivity index (χ1n) is 7.15. The number of rotatable bonds is 8. The lowest BCUT2D eigenvalue weighted by Gasteiger charge is -2.17. The molecule has 1 amide bonds. The Balaban J connectivity index is 2.38. The highest BCUT2D eigenvalue weighted by atomic mass is 16.5. The molecule has 0 unspecified atom stereocenters. The van der Waals surface area contributed by atoms with Crippen molar-refractivity contribution in [1.29, 1.82) is 0 Å². The molecule has 1 N–H and O–H groups in total. The fourth-order valence-electron chi connectivity index (χ4n) is 2.59. The monoisotopic (exact) mass is 267 g/mol. The lowest BCUT2D eigenvalue weighted by atomic mass is 10.0. The molecule has 1 atom stereocenters. The predicted molar refractivity (Wildman–Crippen MR) is 74.6 cm³/mol. The van der Waals surface area contributed by atoms with E-state index in [-0.39, 0.29) is 11.9 Å². The lowest BCUT2D eigenvalue weighted by molar-refractivity contribution is -0.145. The highest BCUT2D eigenvalue weighted by molar-refractivity contribution is 5.84. The fraction of sp³-hybridized carbons (Fsp3) is 0.733. The number of hydrogen-bond donors (Lipinski definition) is 1. The second-order valence-corrected chi connectivity index (χ2v) is 5.22. The van der Waals surface area contributed by atoms with Crippen molar-refractivity contribution < 1.29 is 14.3 Å². The summed E-state index contributed by atoms with van der Waals surface area (Å²) in [4.78, 5) is 23.5. The van der Waals surface area contributed by atoms with Crippen LogP contribution in [0.3, 0.4) is 0 Å². The summed E-state index contributed by atoms with van der Waals surface area (Å²) in [6.07, 6.45) is 9.33. The molecule has 0 aromatic heterocycles. The first-order chi connectivity index (χ1) is 9.17. The standard InChI is InChI=1S/C15H25NO3/c1-3-4-5-10-13(15(18)19-2)16-14(17)11-12-8-6-7-9-12/h3,12-13H,1,4-11H2,2H3,(H,16,17)/t13-/m0/s1. The highest BCUT2D eigenvalue weighted by Gasteiger charge is 2.23. The van der Waals surface area contributed by atoms with Crippen molar-refractivity contribution in [1.82, 2.24) is 5.32 Å². The molecule has 0 spiro atoms. The maximum absolute atomic E-state index is 11.9. The third kappa shape index (κ3) is 5.90. The van der Waals surface area contributed by atoms with Gasteiger partial charge in [-0.15, -0.1) is 6.58 Å². The van der Waals surface area contributed by atoms with E-state index in [1.807, 2.05) is 6.08 Å². The molecule has 0 bridgehead atoms. The van der Waals surface area contributed by atoms with Gasteiger partial charge in [-0.05, 0) is 38.0 Å². The second-order valence-electron chi connectivity index (χ2n) is 5.22. The largest absolute Gasteiger partial charge is 0.467 e. The summed E-state index contributed by atoms with van der Waals surface area (Å²) in [7, 11) is 1.35. The van der Waals surface area contributed by atoms with E-state index in [4.69, 9.17) is 4.74 Å². The molecule has 4 nitrogen and oxygen atoms in total. The van der Waals surface area contributed by atoms with E-state index in [1.54, 1.807) is 0 Å². The van der Waals surface area contributed by atoms with Gasteiger partial charge in [-0.1, -0.05) is 18.9 Å². The molecule has 0 aromatic rings. The van der Waals surface area contributed by atoms with Crippen LogP contribution in [0, 0.1) is 5.92 Å². The van der Waals surface area contributed by atoms with Gasteiger partial charge in [-0.2, -0.15) is 0 Å². The van der Waals surface area contributed by atoms with Crippen molar-refractivity contribution in [2.75, 3.05) is 7.11 Å². The number of allylic oxidation sites excluding steroid dienone is 1. The molecule has 0 aromatic carbocycles. The van der Waals surface area contributed by atoms with Crippen LogP contribution in [-0.4, -0.2) is 25.0 Å². The number of amides is 1. The van der Waals surface area contributed by atoms with Crippen LogP contribution in [-0.2, 0) is 14.3 Å². The fourth-order valence-corrected chi connectivity index (χ4v) is 2.59. The van der Waals surface area contributed by atoms with Crippen LogP contribution in [0.4, 0.5) is 0 Å². The summed E-state index contributed by atoms with van der Waals surface area (Å²) in [6, 6.07) is -0.515. The van der Waals surface area contributed by atoms with Crippen LogP contribution in [0.1, 0.15) is 51.4 Å². The molecule has 1 saturated carbocycles. The Hall–Kier alpha value is -1.32. The molecule has 0 radical (unpaired) electrons. The van der Waals surface area contributed by atoms with Crippen molar-refractivity contribution in [2.24, 2.45) is 5.92 Å². The van der Waals surface area contributed by atoms with Crippen LogP contribution in [0.15, 0.2) is 12.7 Å². The number of carbonyl (C=O) groups excluding carboxylic acids is 2. The quantitative estimate of drug-likeness (QED) is 0.418. The molecule has 4 heteroatoms. The summed E-state index contributed by atoms with van der Waals surface area (Å²) in [5, 5.41) is 2.81. The number of esters is 1. The van der Waals surface area contributed by atoms with Gasteiger partial charge in [0.05, 0.1) is 7.11 Å². The number of methoxy groups -OCH3 is 1. The number of unbranched alkanes of at least 4 members (excludes halogenated alkanes) is 1. The molecule has 1 rings (SSSR count). The Kier molecular flexibility index (Phi) is 7.23. The minimum absolute atomic E-state index is 0.0269. The summed E-state index contributed by atoms with van der Waals surface area (Å²) >= 11 is 0. The van der Waals surface area contributed by atoms with Crippen molar-refractivity contribution in [3.63, 3.8) is 0 Å². The minimum Gasteiger partial charge on any atom is -0.467 e. The average molecular weight is 267 g/mol. The maximum Gasteiger partial charge on any atom is 0.328 e. The second kappa shape index (κ2) is 8.73. The van der Waals surface area contributed by atoms with E-state index in [1.165, 1.54) is 20.0 Å². The van der Waals surface area contributed by atoms with E-state index in [2.05, 4.69) is 11.9 Å². The molecule has 0 saturated heterocycles. The van der Waals surface area contributed by atoms with Crippen LogP contribution < -0.4 is 5.32 Å². The smallest absolute Gasteiger partial charge is 0.328 e. The molecule has 19 heavy (non-hydrogen) atoms. The van der Waals surface area contributed by atoms with Crippen molar-refractivity contribution in [3.05, 3.63) is 12.7 Å². The van der Waals surface area contributed by atoms with E-state index in [9.17, 15) is 9.59 Å². The molecular formula is C15H25NO3. The van der Waals surface area contributed by atoms with Crippen molar-refractivity contribution in [3.8, 4) is 0 Å². The van der Waals surface area contributed by atoms with Crippen LogP contribution in [0.5, 0.6) is 0 Å². The van der Waals surface area contributed by atoms with Gasteiger partial charge in [0.25, 0.3) is 0 Å².